The van der Waals surface area contributed by atoms with E-state index in [9.17, 15) is 14.4 Å². The molecule has 0 aliphatic carbocycles. The molecule has 0 N–H and O–H groups in total. The Morgan fingerprint density at radius 3 is 1.93 bits per heavy atom. The van der Waals surface area contributed by atoms with E-state index in [1.807, 2.05) is 0 Å². The van der Waals surface area contributed by atoms with E-state index in [4.69, 9.17) is 18.9 Å². The zero-order valence-electron chi connectivity index (χ0n) is 17.4. The number of aryl methyl sites for hydroxylation is 1. The van der Waals surface area contributed by atoms with Crippen molar-refractivity contribution in [3.63, 3.8) is 0 Å². The average molecular weight is 408 g/mol. The number of ether oxygens (including phenoxy) is 4. The molecule has 0 radical (unpaired) electrons. The first-order valence-corrected chi connectivity index (χ1v) is 9.37. The third-order valence-electron chi connectivity index (χ3n) is 4.78. The second kappa shape index (κ2) is 10.5. The summed E-state index contributed by atoms with van der Waals surface area (Å²) in [5.74, 6) is 0.779. The van der Waals surface area contributed by atoms with E-state index in [0.717, 1.165) is 5.56 Å². The number of piperazine rings is 1. The number of hydrogen-bond donors (Lipinski definition) is 0. The van der Waals surface area contributed by atoms with Gasteiger partial charge in [0.2, 0.25) is 11.7 Å². The summed E-state index contributed by atoms with van der Waals surface area (Å²) in [6.45, 7) is 3.09. The molecule has 0 atom stereocenters. The summed E-state index contributed by atoms with van der Waals surface area (Å²) in [6.07, 6.45) is 0.519. The molecular formula is C20H28N2O7. The molecule has 0 bridgehead atoms. The first-order chi connectivity index (χ1) is 13.9. The van der Waals surface area contributed by atoms with Crippen LogP contribution in [0.1, 0.15) is 18.9 Å². The largest absolute Gasteiger partial charge is 0.493 e. The van der Waals surface area contributed by atoms with Crippen LogP contribution in [-0.2, 0) is 25.5 Å². The molecule has 9 heteroatoms. The fraction of sp³-hybridized carbons (Fsp3) is 0.550. The molecule has 2 amide bonds. The van der Waals surface area contributed by atoms with Crippen LogP contribution in [-0.4, -0.2) is 81.7 Å². The van der Waals surface area contributed by atoms with E-state index < -0.39 is 5.97 Å². The van der Waals surface area contributed by atoms with Gasteiger partial charge in [0.1, 0.15) is 0 Å². The fourth-order valence-electron chi connectivity index (χ4n) is 3.10. The summed E-state index contributed by atoms with van der Waals surface area (Å²) in [5.41, 5.74) is 0.822. The minimum Gasteiger partial charge on any atom is -0.493 e. The van der Waals surface area contributed by atoms with Crippen molar-refractivity contribution in [1.82, 2.24) is 9.80 Å². The Balaban J connectivity index is 1.81. The van der Waals surface area contributed by atoms with Gasteiger partial charge in [0.05, 0.1) is 21.3 Å². The normalized spacial score (nSPS) is 13.7. The van der Waals surface area contributed by atoms with Gasteiger partial charge in [-0.2, -0.15) is 0 Å². The molecule has 0 spiro atoms. The van der Waals surface area contributed by atoms with Crippen molar-refractivity contribution in [3.05, 3.63) is 17.7 Å². The second-order valence-corrected chi connectivity index (χ2v) is 6.58. The highest BCUT2D eigenvalue weighted by molar-refractivity contribution is 5.81. The molecule has 0 unspecified atom stereocenters. The van der Waals surface area contributed by atoms with Crippen molar-refractivity contribution < 1.29 is 33.3 Å². The Bertz CT molecular complexity index is 717. The van der Waals surface area contributed by atoms with Gasteiger partial charge in [-0.25, -0.2) is 0 Å². The van der Waals surface area contributed by atoms with Crippen molar-refractivity contribution in [2.24, 2.45) is 0 Å². The summed E-state index contributed by atoms with van der Waals surface area (Å²) in [7, 11) is 4.57. The minimum absolute atomic E-state index is 0.00433. The van der Waals surface area contributed by atoms with Crippen LogP contribution >= 0.6 is 0 Å². The third-order valence-corrected chi connectivity index (χ3v) is 4.78. The Morgan fingerprint density at radius 1 is 0.897 bits per heavy atom. The Kier molecular flexibility index (Phi) is 8.11. The highest BCUT2D eigenvalue weighted by atomic mass is 16.5. The lowest BCUT2D eigenvalue weighted by atomic mass is 10.1. The van der Waals surface area contributed by atoms with E-state index in [-0.39, 0.29) is 24.8 Å². The molecule has 29 heavy (non-hydrogen) atoms. The summed E-state index contributed by atoms with van der Waals surface area (Å²) in [6, 6.07) is 3.54. The van der Waals surface area contributed by atoms with Gasteiger partial charge < -0.3 is 28.7 Å². The van der Waals surface area contributed by atoms with Gasteiger partial charge in [0.15, 0.2) is 18.1 Å². The predicted molar refractivity (Wildman–Crippen MR) is 104 cm³/mol. The lowest BCUT2D eigenvalue weighted by molar-refractivity contribution is -0.153. The highest BCUT2D eigenvalue weighted by Gasteiger charge is 2.23. The zero-order chi connectivity index (χ0) is 21.4. The van der Waals surface area contributed by atoms with Crippen LogP contribution in [0.2, 0.25) is 0 Å². The SMILES string of the molecule is COc1cc(CCC(=O)OCC(=O)N2CCN(C(C)=O)CC2)cc(OC)c1OC. The van der Waals surface area contributed by atoms with Crippen LogP contribution in [0.25, 0.3) is 0 Å². The van der Waals surface area contributed by atoms with E-state index in [1.165, 1.54) is 28.3 Å². The summed E-state index contributed by atoms with van der Waals surface area (Å²) in [4.78, 5) is 38.9. The summed E-state index contributed by atoms with van der Waals surface area (Å²) < 4.78 is 21.0. The lowest BCUT2D eigenvalue weighted by Gasteiger charge is -2.34. The van der Waals surface area contributed by atoms with Gasteiger partial charge in [-0.15, -0.1) is 0 Å². The van der Waals surface area contributed by atoms with Crippen LogP contribution in [0, 0.1) is 0 Å². The summed E-state index contributed by atoms with van der Waals surface area (Å²) in [5, 5.41) is 0. The maximum Gasteiger partial charge on any atom is 0.306 e. The van der Waals surface area contributed by atoms with Crippen molar-refractivity contribution in [3.8, 4) is 17.2 Å². The first kappa shape index (κ1) is 22.3. The van der Waals surface area contributed by atoms with Crippen molar-refractivity contribution in [1.29, 1.82) is 0 Å². The molecule has 160 valence electrons. The predicted octanol–water partition coefficient (Wildman–Crippen LogP) is 0.879. The van der Waals surface area contributed by atoms with E-state index in [1.54, 1.807) is 21.9 Å². The number of carbonyl (C=O) groups is 3. The molecular weight excluding hydrogens is 380 g/mol. The number of esters is 1. The van der Waals surface area contributed by atoms with Gasteiger partial charge in [0.25, 0.3) is 5.91 Å². The zero-order valence-corrected chi connectivity index (χ0v) is 17.4. The van der Waals surface area contributed by atoms with Crippen LogP contribution in [0.3, 0.4) is 0 Å². The lowest BCUT2D eigenvalue weighted by Crippen LogP contribution is -2.51. The van der Waals surface area contributed by atoms with Gasteiger partial charge in [-0.3, -0.25) is 14.4 Å². The van der Waals surface area contributed by atoms with Crippen LogP contribution in [0.4, 0.5) is 0 Å². The highest BCUT2D eigenvalue weighted by Crippen LogP contribution is 2.38. The molecule has 1 heterocycles. The van der Waals surface area contributed by atoms with Gasteiger partial charge in [-0.1, -0.05) is 0 Å². The number of methoxy groups -OCH3 is 3. The number of rotatable bonds is 8. The molecule has 1 fully saturated rings. The topological polar surface area (TPSA) is 94.6 Å². The second-order valence-electron chi connectivity index (χ2n) is 6.58. The Hall–Kier alpha value is -2.97. The molecule has 1 aromatic carbocycles. The van der Waals surface area contributed by atoms with Crippen molar-refractivity contribution >= 4 is 17.8 Å². The molecule has 1 aromatic rings. The van der Waals surface area contributed by atoms with Crippen LogP contribution < -0.4 is 14.2 Å². The first-order valence-electron chi connectivity index (χ1n) is 9.37. The van der Waals surface area contributed by atoms with Gasteiger partial charge >= 0.3 is 5.97 Å². The molecule has 0 aromatic heterocycles. The molecule has 1 saturated heterocycles. The number of benzene rings is 1. The van der Waals surface area contributed by atoms with Crippen molar-refractivity contribution in [2.75, 3.05) is 54.1 Å². The maximum atomic E-state index is 12.2. The van der Waals surface area contributed by atoms with Crippen molar-refractivity contribution in [2.45, 2.75) is 19.8 Å². The molecule has 1 aliphatic heterocycles. The maximum absolute atomic E-state index is 12.2. The quantitative estimate of drug-likeness (QED) is 0.589. The number of nitrogens with zero attached hydrogens (tertiary/aromatic N) is 2. The number of amides is 2. The van der Waals surface area contributed by atoms with E-state index in [2.05, 4.69) is 0 Å². The summed E-state index contributed by atoms with van der Waals surface area (Å²) >= 11 is 0. The molecule has 2 rings (SSSR count). The van der Waals surface area contributed by atoms with Gasteiger partial charge in [0, 0.05) is 39.5 Å². The fourth-order valence-corrected chi connectivity index (χ4v) is 3.10. The van der Waals surface area contributed by atoms with Crippen LogP contribution in [0.5, 0.6) is 17.2 Å². The van der Waals surface area contributed by atoms with Gasteiger partial charge in [-0.05, 0) is 24.1 Å². The smallest absolute Gasteiger partial charge is 0.306 e. The number of carbonyl (C=O) groups excluding carboxylic acids is 3. The van der Waals surface area contributed by atoms with E-state index >= 15 is 0 Å². The Labute approximate surface area is 170 Å². The third kappa shape index (κ3) is 6.00. The van der Waals surface area contributed by atoms with Crippen LogP contribution in [0.15, 0.2) is 12.1 Å². The average Bonchev–Trinajstić information content (AvgIpc) is 2.74. The standard InChI is InChI=1S/C20H28N2O7/c1-14(23)21-7-9-22(10-8-21)18(24)13-29-19(25)6-5-15-11-16(26-2)20(28-4)17(12-15)27-3/h11-12H,5-10,13H2,1-4H3. The molecule has 1 aliphatic rings. The monoisotopic (exact) mass is 408 g/mol. The molecule has 0 saturated carbocycles. The molecule has 9 nitrogen and oxygen atoms in total. The minimum atomic E-state index is -0.463. The van der Waals surface area contributed by atoms with E-state index in [0.29, 0.717) is 49.8 Å². The number of hydrogen-bond acceptors (Lipinski definition) is 7. The Morgan fingerprint density at radius 2 is 1.45 bits per heavy atom.